The van der Waals surface area contributed by atoms with Crippen molar-refractivity contribution in [2.45, 2.75) is 57.5 Å². The highest BCUT2D eigenvalue weighted by molar-refractivity contribution is 7.89. The lowest BCUT2D eigenvalue weighted by Gasteiger charge is -2.12. The van der Waals surface area contributed by atoms with Gasteiger partial charge < -0.3 is 5.32 Å². The van der Waals surface area contributed by atoms with Crippen LogP contribution in [-0.2, 0) is 16.6 Å². The highest BCUT2D eigenvalue weighted by atomic mass is 32.2. The van der Waals surface area contributed by atoms with Gasteiger partial charge in [0.1, 0.15) is 4.90 Å². The summed E-state index contributed by atoms with van der Waals surface area (Å²) in [6, 6.07) is -0.0509. The first-order valence-corrected chi connectivity index (χ1v) is 8.73. The van der Waals surface area contributed by atoms with Crippen LogP contribution in [0.15, 0.2) is 17.3 Å². The Morgan fingerprint density at radius 1 is 1.40 bits per heavy atom. The molecule has 20 heavy (non-hydrogen) atoms. The van der Waals surface area contributed by atoms with E-state index < -0.39 is 10.0 Å². The van der Waals surface area contributed by atoms with E-state index in [0.717, 1.165) is 32.4 Å². The van der Waals surface area contributed by atoms with E-state index in [-0.39, 0.29) is 10.9 Å². The van der Waals surface area contributed by atoms with Crippen molar-refractivity contribution in [2.75, 3.05) is 13.1 Å². The van der Waals surface area contributed by atoms with E-state index >= 15 is 0 Å². The van der Waals surface area contributed by atoms with Gasteiger partial charge in [0.05, 0.1) is 12.7 Å². The Balaban J connectivity index is 2.59. The molecular formula is C13H26N4O2S. The number of rotatable bonds is 10. The third-order valence-corrected chi connectivity index (χ3v) is 4.58. The number of hydrogen-bond donors (Lipinski definition) is 2. The van der Waals surface area contributed by atoms with Gasteiger partial charge in [0.15, 0.2) is 0 Å². The monoisotopic (exact) mass is 302 g/mol. The van der Waals surface area contributed by atoms with Gasteiger partial charge in [-0.1, -0.05) is 26.7 Å². The highest BCUT2D eigenvalue weighted by Gasteiger charge is 2.18. The van der Waals surface area contributed by atoms with E-state index in [2.05, 4.69) is 22.1 Å². The third-order valence-electron chi connectivity index (χ3n) is 3.03. The quantitative estimate of drug-likeness (QED) is 0.640. The molecule has 0 saturated heterocycles. The largest absolute Gasteiger partial charge is 0.315 e. The van der Waals surface area contributed by atoms with Crippen molar-refractivity contribution in [1.82, 2.24) is 19.8 Å². The lowest BCUT2D eigenvalue weighted by atomic mass is 10.2. The first kappa shape index (κ1) is 17.1. The van der Waals surface area contributed by atoms with Crippen LogP contribution in [0.4, 0.5) is 0 Å². The Morgan fingerprint density at radius 3 is 2.80 bits per heavy atom. The number of aromatic nitrogens is 2. The van der Waals surface area contributed by atoms with Crippen LogP contribution >= 0.6 is 0 Å². The minimum Gasteiger partial charge on any atom is -0.315 e. The average Bonchev–Trinajstić information content (AvgIpc) is 2.86. The Morgan fingerprint density at radius 2 is 2.15 bits per heavy atom. The molecule has 2 N–H and O–H groups in total. The van der Waals surface area contributed by atoms with Crippen molar-refractivity contribution in [2.24, 2.45) is 0 Å². The molecule has 1 aromatic heterocycles. The first-order chi connectivity index (χ1) is 9.49. The molecule has 1 unspecified atom stereocenters. The fraction of sp³-hybridized carbons (Fsp3) is 0.769. The summed E-state index contributed by atoms with van der Waals surface area (Å²) < 4.78 is 28.7. The molecule has 0 aliphatic carbocycles. The third kappa shape index (κ3) is 5.60. The van der Waals surface area contributed by atoms with Gasteiger partial charge in [-0.15, -0.1) is 0 Å². The fourth-order valence-electron chi connectivity index (χ4n) is 1.88. The van der Waals surface area contributed by atoms with Crippen LogP contribution in [-0.4, -0.2) is 37.3 Å². The molecule has 0 radical (unpaired) electrons. The van der Waals surface area contributed by atoms with Gasteiger partial charge in [0.25, 0.3) is 0 Å². The minimum absolute atomic E-state index is 0.0509. The Labute approximate surface area is 122 Å². The summed E-state index contributed by atoms with van der Waals surface area (Å²) in [5.41, 5.74) is 0. The van der Waals surface area contributed by atoms with Gasteiger partial charge in [-0.25, -0.2) is 13.1 Å². The summed E-state index contributed by atoms with van der Waals surface area (Å²) >= 11 is 0. The number of likely N-dealkylation sites (N-methyl/N-ethyl adjacent to an activating group) is 1. The molecule has 0 aliphatic heterocycles. The van der Waals surface area contributed by atoms with E-state index in [9.17, 15) is 8.42 Å². The topological polar surface area (TPSA) is 76.0 Å². The summed E-state index contributed by atoms with van der Waals surface area (Å²) in [5, 5.41) is 7.26. The predicted molar refractivity (Wildman–Crippen MR) is 80.1 cm³/mol. The lowest BCUT2D eigenvalue weighted by Crippen LogP contribution is -2.32. The molecule has 0 aromatic carbocycles. The zero-order valence-electron chi connectivity index (χ0n) is 12.6. The van der Waals surface area contributed by atoms with Gasteiger partial charge in [-0.3, -0.25) is 4.68 Å². The lowest BCUT2D eigenvalue weighted by molar-refractivity contribution is 0.533. The number of nitrogens with zero attached hydrogens (tertiary/aromatic N) is 2. The zero-order valence-corrected chi connectivity index (χ0v) is 13.4. The molecule has 1 rings (SSSR count). The Hall–Kier alpha value is -0.920. The maximum atomic E-state index is 12.2. The molecule has 1 atom stereocenters. The van der Waals surface area contributed by atoms with Crippen LogP contribution < -0.4 is 10.0 Å². The van der Waals surface area contributed by atoms with Crippen molar-refractivity contribution in [3.63, 3.8) is 0 Å². The molecule has 0 aliphatic rings. The van der Waals surface area contributed by atoms with E-state index in [0.29, 0.717) is 6.54 Å². The second kappa shape index (κ2) is 8.39. The summed E-state index contributed by atoms with van der Waals surface area (Å²) in [4.78, 5) is 0.234. The smallest absolute Gasteiger partial charge is 0.243 e. The van der Waals surface area contributed by atoms with Gasteiger partial charge in [-0.2, -0.15) is 5.10 Å². The number of nitrogens with one attached hydrogen (secondary N) is 2. The van der Waals surface area contributed by atoms with Crippen molar-refractivity contribution in [1.29, 1.82) is 0 Å². The van der Waals surface area contributed by atoms with E-state index in [4.69, 9.17) is 0 Å². The zero-order chi connectivity index (χ0) is 15.0. The highest BCUT2D eigenvalue weighted by Crippen LogP contribution is 2.09. The van der Waals surface area contributed by atoms with Crippen LogP contribution in [0, 0.1) is 0 Å². The molecular weight excluding hydrogens is 276 g/mol. The maximum absolute atomic E-state index is 12.2. The van der Waals surface area contributed by atoms with Crippen LogP contribution in [0.2, 0.25) is 0 Å². The minimum atomic E-state index is -3.45. The van der Waals surface area contributed by atoms with E-state index in [1.165, 1.54) is 6.20 Å². The summed E-state index contributed by atoms with van der Waals surface area (Å²) in [6.45, 7) is 8.34. The molecule has 7 heteroatoms. The molecule has 6 nitrogen and oxygen atoms in total. The first-order valence-electron chi connectivity index (χ1n) is 7.25. The molecule has 0 amide bonds. The normalized spacial score (nSPS) is 13.6. The Bertz CT molecular complexity index is 484. The van der Waals surface area contributed by atoms with E-state index in [1.807, 2.05) is 13.8 Å². The maximum Gasteiger partial charge on any atom is 0.243 e. The fourth-order valence-corrected chi connectivity index (χ4v) is 3.11. The van der Waals surface area contributed by atoms with Crippen molar-refractivity contribution in [3.05, 3.63) is 12.4 Å². The van der Waals surface area contributed by atoms with Crippen LogP contribution in [0.3, 0.4) is 0 Å². The molecule has 0 fully saturated rings. The van der Waals surface area contributed by atoms with Crippen molar-refractivity contribution >= 4 is 10.0 Å². The average molecular weight is 302 g/mol. The molecule has 0 saturated carbocycles. The number of hydrogen-bond acceptors (Lipinski definition) is 4. The summed E-state index contributed by atoms with van der Waals surface area (Å²) in [6.07, 6.45) is 5.91. The second-order valence-electron chi connectivity index (χ2n) is 4.96. The second-order valence-corrected chi connectivity index (χ2v) is 6.67. The van der Waals surface area contributed by atoms with Gasteiger partial charge in [0.2, 0.25) is 10.0 Å². The van der Waals surface area contributed by atoms with Gasteiger partial charge in [0, 0.05) is 18.8 Å². The van der Waals surface area contributed by atoms with Crippen LogP contribution in [0.1, 0.15) is 40.0 Å². The van der Waals surface area contributed by atoms with Crippen LogP contribution in [0.5, 0.6) is 0 Å². The summed E-state index contributed by atoms with van der Waals surface area (Å²) in [7, 11) is -3.45. The van der Waals surface area contributed by atoms with Gasteiger partial charge in [-0.05, 0) is 19.9 Å². The molecule has 0 spiro atoms. The predicted octanol–water partition coefficient (Wildman–Crippen LogP) is 1.35. The standard InChI is InChI=1S/C13H26N4O2S/c1-4-6-7-12(3)16-20(18,19)13-10-15-17(11-13)9-8-14-5-2/h10-12,14,16H,4-9H2,1-3H3. The van der Waals surface area contributed by atoms with Crippen molar-refractivity contribution < 1.29 is 8.42 Å². The number of sulfonamides is 1. The molecule has 0 bridgehead atoms. The number of unbranched alkanes of at least 4 members (excludes halogenated alkanes) is 1. The van der Waals surface area contributed by atoms with Crippen molar-refractivity contribution in [3.8, 4) is 0 Å². The molecule has 116 valence electrons. The van der Waals surface area contributed by atoms with E-state index in [1.54, 1.807) is 10.9 Å². The van der Waals surface area contributed by atoms with Crippen LogP contribution in [0.25, 0.3) is 0 Å². The summed E-state index contributed by atoms with van der Waals surface area (Å²) in [5.74, 6) is 0. The molecule has 1 aromatic rings. The van der Waals surface area contributed by atoms with Gasteiger partial charge >= 0.3 is 0 Å². The molecule has 1 heterocycles. The Kier molecular flexibility index (Phi) is 7.18. The SMILES string of the molecule is CCCCC(C)NS(=O)(=O)c1cnn(CCNCC)c1.